The number of aromatic nitrogens is 3. The molecule has 1 unspecified atom stereocenters. The molecule has 2 aromatic heterocycles. The van der Waals surface area contributed by atoms with Gasteiger partial charge in [-0.15, -0.1) is 15.7 Å². The number of likely N-dealkylation sites (tertiary alicyclic amines) is 1. The van der Waals surface area contributed by atoms with Crippen molar-refractivity contribution in [2.75, 3.05) is 19.3 Å². The van der Waals surface area contributed by atoms with Crippen LogP contribution in [0.5, 0.6) is 0 Å². The molecule has 0 saturated carbocycles. The molecule has 0 aliphatic carbocycles. The molecule has 0 spiro atoms. The van der Waals surface area contributed by atoms with Crippen molar-refractivity contribution in [3.63, 3.8) is 0 Å². The first-order valence-electron chi connectivity index (χ1n) is 12.7. The second-order valence-electron chi connectivity index (χ2n) is 9.71. The van der Waals surface area contributed by atoms with Crippen LogP contribution >= 0.6 is 22.9 Å². The quantitative estimate of drug-likeness (QED) is 0.319. The summed E-state index contributed by atoms with van der Waals surface area (Å²) >= 11 is 8.05. The van der Waals surface area contributed by atoms with Gasteiger partial charge in [0.15, 0.2) is 11.8 Å². The third-order valence-corrected chi connectivity index (χ3v) is 9.76. The fraction of sp³-hybridized carbons (Fsp3) is 0.423. The standard InChI is InChI=1S/C26H25ClF3N7O2S2/c1-15-10-22(26(28,29)30)34-37(15)12-23(38)36-8-6-16(7-9-36)25-33-19(13-40-25)18-11-20(39-35-18)24-17(27)4-3-5-21(24)41(2)32-14-31/h3-5,10,13,16,20H,6-9,11-12H2,1-2H3/t20-,41?/m1/s1. The van der Waals surface area contributed by atoms with Crippen LogP contribution in [0, 0.1) is 18.4 Å². The number of halogens is 4. The Hall–Kier alpha value is -3.28. The third-order valence-electron chi connectivity index (χ3n) is 7.07. The predicted molar refractivity (Wildman–Crippen MR) is 149 cm³/mol. The molecular formula is C26H25ClF3N7O2S2. The number of alkyl halides is 3. The van der Waals surface area contributed by atoms with Crippen LogP contribution in [0.3, 0.4) is 0 Å². The van der Waals surface area contributed by atoms with Crippen LogP contribution in [0.25, 0.3) is 0 Å². The topological polar surface area (TPSA) is 109 Å². The molecule has 2 aliphatic rings. The van der Waals surface area contributed by atoms with Crippen molar-refractivity contribution >= 4 is 45.2 Å². The Morgan fingerprint density at radius 1 is 1.34 bits per heavy atom. The van der Waals surface area contributed by atoms with Gasteiger partial charge in [-0.1, -0.05) is 33.5 Å². The SMILES string of the molecule is Cc1cc(C(F)(F)F)nn1CC(=O)N1CCC(c2nc(C3=NO[C@@H](c4c(Cl)cccc4S(C)=NC#N)C3)cs2)CC1. The number of rotatable bonds is 6. The first kappa shape index (κ1) is 29.2. The van der Waals surface area contributed by atoms with Gasteiger partial charge >= 0.3 is 6.18 Å². The van der Waals surface area contributed by atoms with E-state index in [-0.39, 0.29) is 24.1 Å². The van der Waals surface area contributed by atoms with Crippen LogP contribution in [0.2, 0.25) is 5.02 Å². The Morgan fingerprint density at radius 3 is 2.78 bits per heavy atom. The van der Waals surface area contributed by atoms with Crippen molar-refractivity contribution in [1.82, 2.24) is 19.7 Å². The van der Waals surface area contributed by atoms with E-state index in [1.807, 2.05) is 30.0 Å². The number of nitriles is 1. The number of piperidine rings is 1. The summed E-state index contributed by atoms with van der Waals surface area (Å²) < 4.78 is 43.9. The van der Waals surface area contributed by atoms with Gasteiger partial charge in [0.25, 0.3) is 0 Å². The van der Waals surface area contributed by atoms with Crippen molar-refractivity contribution < 1.29 is 22.8 Å². The maximum Gasteiger partial charge on any atom is 0.435 e. The van der Waals surface area contributed by atoms with E-state index in [1.165, 1.54) is 18.3 Å². The number of amides is 1. The highest BCUT2D eigenvalue weighted by molar-refractivity contribution is 7.86. The number of hydrogen-bond acceptors (Lipinski definition) is 8. The number of hydrogen-bond donors (Lipinski definition) is 0. The summed E-state index contributed by atoms with van der Waals surface area (Å²) in [7, 11) is -0.671. The van der Waals surface area contributed by atoms with E-state index in [1.54, 1.807) is 11.0 Å². The monoisotopic (exact) mass is 623 g/mol. The molecule has 15 heteroatoms. The Balaban J connectivity index is 1.19. The predicted octanol–water partition coefficient (Wildman–Crippen LogP) is 5.86. The third kappa shape index (κ3) is 6.32. The molecule has 1 saturated heterocycles. The van der Waals surface area contributed by atoms with Crippen LogP contribution in [-0.4, -0.2) is 50.6 Å². The van der Waals surface area contributed by atoms with Crippen LogP contribution in [0.4, 0.5) is 13.2 Å². The first-order chi connectivity index (χ1) is 19.5. The Labute approximate surface area is 245 Å². The first-order valence-corrected chi connectivity index (χ1v) is 15.5. The minimum Gasteiger partial charge on any atom is -0.387 e. The molecule has 9 nitrogen and oxygen atoms in total. The lowest BCUT2D eigenvalue weighted by Crippen LogP contribution is -2.40. The number of aryl methyl sites for hydroxylation is 1. The zero-order valence-corrected chi connectivity index (χ0v) is 24.4. The molecular weight excluding hydrogens is 599 g/mol. The lowest BCUT2D eigenvalue weighted by atomic mass is 9.97. The Bertz CT molecular complexity index is 1570. The molecule has 0 N–H and O–H groups in total. The summed E-state index contributed by atoms with van der Waals surface area (Å²) in [6.07, 6.45) is 0.600. The van der Waals surface area contributed by atoms with Crippen LogP contribution in [0.15, 0.2) is 44.1 Å². The summed E-state index contributed by atoms with van der Waals surface area (Å²) in [6.45, 7) is 2.24. The van der Waals surface area contributed by atoms with Gasteiger partial charge in [-0.05, 0) is 44.2 Å². The van der Waals surface area contributed by atoms with Crippen LogP contribution < -0.4 is 0 Å². The number of carbonyl (C=O) groups is 1. The maximum atomic E-state index is 13.0. The van der Waals surface area contributed by atoms with E-state index >= 15 is 0 Å². The van der Waals surface area contributed by atoms with Crippen molar-refractivity contribution in [3.05, 3.63) is 62.3 Å². The normalized spacial score (nSPS) is 18.7. The highest BCUT2D eigenvalue weighted by Gasteiger charge is 2.35. The van der Waals surface area contributed by atoms with Gasteiger partial charge in [0.05, 0.1) is 10.7 Å². The molecule has 41 heavy (non-hydrogen) atoms. The van der Waals surface area contributed by atoms with E-state index in [9.17, 15) is 18.0 Å². The summed E-state index contributed by atoms with van der Waals surface area (Å²) in [5.41, 5.74) is 1.49. The highest BCUT2D eigenvalue weighted by Crippen LogP contribution is 2.38. The lowest BCUT2D eigenvalue weighted by Gasteiger charge is -2.31. The molecule has 1 aromatic carbocycles. The molecule has 5 rings (SSSR count). The smallest absolute Gasteiger partial charge is 0.387 e. The second-order valence-corrected chi connectivity index (χ2v) is 12.6. The number of thiazole rings is 1. The molecule has 1 fully saturated rings. The van der Waals surface area contributed by atoms with E-state index in [0.717, 1.165) is 31.9 Å². The number of oxime groups is 1. The molecule has 2 atom stereocenters. The largest absolute Gasteiger partial charge is 0.435 e. The van der Waals surface area contributed by atoms with Crippen molar-refractivity contribution in [2.45, 2.75) is 55.8 Å². The van der Waals surface area contributed by atoms with E-state index in [4.69, 9.17) is 26.7 Å². The average Bonchev–Trinajstić information content (AvgIpc) is 3.69. The minimum absolute atomic E-state index is 0.157. The van der Waals surface area contributed by atoms with Gasteiger partial charge in [0, 0.05) is 52.0 Å². The van der Waals surface area contributed by atoms with Crippen molar-refractivity contribution in [1.29, 1.82) is 5.26 Å². The van der Waals surface area contributed by atoms with Crippen LogP contribution in [0.1, 0.15) is 58.9 Å². The molecule has 216 valence electrons. The van der Waals surface area contributed by atoms with Gasteiger partial charge in [0.1, 0.15) is 12.3 Å². The second kappa shape index (κ2) is 11.9. The minimum atomic E-state index is -4.55. The molecule has 0 radical (unpaired) electrons. The summed E-state index contributed by atoms with van der Waals surface area (Å²) in [5.74, 6) is -0.104. The zero-order valence-electron chi connectivity index (χ0n) is 22.1. The van der Waals surface area contributed by atoms with Crippen LogP contribution in [-0.2, 0) is 33.0 Å². The number of nitrogens with zero attached hydrogens (tertiary/aromatic N) is 7. The van der Waals surface area contributed by atoms with Gasteiger partial charge in [0.2, 0.25) is 12.1 Å². The fourth-order valence-corrected chi connectivity index (χ4v) is 7.31. The van der Waals surface area contributed by atoms with Crippen molar-refractivity contribution in [3.8, 4) is 6.19 Å². The van der Waals surface area contributed by atoms with E-state index in [2.05, 4.69) is 14.6 Å². The molecule has 2 aliphatic heterocycles. The van der Waals surface area contributed by atoms with Gasteiger partial charge in [-0.25, -0.2) is 4.98 Å². The summed E-state index contributed by atoms with van der Waals surface area (Å²) in [6, 6.07) is 6.43. The van der Waals surface area contributed by atoms with Gasteiger partial charge in [-0.3, -0.25) is 9.48 Å². The maximum absolute atomic E-state index is 13.0. The lowest BCUT2D eigenvalue weighted by molar-refractivity contribution is -0.142. The molecule has 3 aromatic rings. The van der Waals surface area contributed by atoms with Crippen molar-refractivity contribution in [2.24, 2.45) is 9.52 Å². The highest BCUT2D eigenvalue weighted by atomic mass is 35.5. The Morgan fingerprint density at radius 2 is 2.10 bits per heavy atom. The summed E-state index contributed by atoms with van der Waals surface area (Å²) in [4.78, 5) is 25.9. The average molecular weight is 624 g/mol. The van der Waals surface area contributed by atoms with Gasteiger partial charge in [-0.2, -0.15) is 23.5 Å². The summed E-state index contributed by atoms with van der Waals surface area (Å²) in [5, 5.41) is 20.3. The number of carbonyl (C=O) groups excluding carboxylic acids is 1. The zero-order chi connectivity index (χ0) is 29.3. The number of benzene rings is 1. The fourth-order valence-electron chi connectivity index (χ4n) is 4.90. The molecule has 4 heterocycles. The molecule has 1 amide bonds. The van der Waals surface area contributed by atoms with E-state index < -0.39 is 28.7 Å². The molecule has 0 bridgehead atoms. The van der Waals surface area contributed by atoms with Gasteiger partial charge < -0.3 is 9.74 Å². The Kier molecular flexibility index (Phi) is 8.49. The van der Waals surface area contributed by atoms with E-state index in [0.29, 0.717) is 43.1 Å².